The SMILES string of the molecule is COC(=O)C(Cl)CNS(=O)(=O)c1ccccc1Br. The highest BCUT2D eigenvalue weighted by Gasteiger charge is 2.21. The molecule has 0 aliphatic carbocycles. The fourth-order valence-electron chi connectivity index (χ4n) is 1.13. The minimum absolute atomic E-state index is 0.0822. The Bertz CT molecular complexity index is 534. The Hall–Kier alpha value is -0.630. The first-order valence-electron chi connectivity index (χ1n) is 4.84. The zero-order valence-corrected chi connectivity index (χ0v) is 12.5. The van der Waals surface area contributed by atoms with Crippen LogP contribution in [-0.4, -0.2) is 33.4 Å². The molecule has 0 bridgehead atoms. The fraction of sp³-hybridized carbons (Fsp3) is 0.300. The van der Waals surface area contributed by atoms with Crippen LogP contribution in [0.2, 0.25) is 0 Å². The highest BCUT2D eigenvalue weighted by Crippen LogP contribution is 2.20. The maximum Gasteiger partial charge on any atom is 0.325 e. The van der Waals surface area contributed by atoms with Gasteiger partial charge in [0.15, 0.2) is 0 Å². The van der Waals surface area contributed by atoms with E-state index >= 15 is 0 Å². The number of halogens is 2. The molecule has 1 atom stereocenters. The van der Waals surface area contributed by atoms with Crippen LogP contribution in [0.15, 0.2) is 33.6 Å². The summed E-state index contributed by atoms with van der Waals surface area (Å²) >= 11 is 8.79. The summed E-state index contributed by atoms with van der Waals surface area (Å²) in [5.74, 6) is -0.688. The Morgan fingerprint density at radius 3 is 2.67 bits per heavy atom. The summed E-state index contributed by atoms with van der Waals surface area (Å²) in [6.07, 6.45) is 0. The summed E-state index contributed by atoms with van der Waals surface area (Å²) in [4.78, 5) is 11.1. The van der Waals surface area contributed by atoms with Crippen LogP contribution in [0.3, 0.4) is 0 Å². The molecule has 0 aromatic heterocycles. The molecule has 0 radical (unpaired) electrons. The highest BCUT2D eigenvalue weighted by molar-refractivity contribution is 9.10. The third-order valence-corrected chi connectivity index (χ3v) is 4.80. The molecule has 5 nitrogen and oxygen atoms in total. The van der Waals surface area contributed by atoms with Crippen molar-refractivity contribution < 1.29 is 17.9 Å². The highest BCUT2D eigenvalue weighted by atomic mass is 79.9. The molecule has 0 saturated heterocycles. The van der Waals surface area contributed by atoms with Gasteiger partial charge in [-0.25, -0.2) is 13.1 Å². The molecule has 0 aliphatic heterocycles. The van der Waals surface area contributed by atoms with Gasteiger partial charge in [-0.05, 0) is 28.1 Å². The second-order valence-corrected chi connectivity index (χ2v) is 6.39. The van der Waals surface area contributed by atoms with Gasteiger partial charge in [-0.3, -0.25) is 4.79 Å². The Balaban J connectivity index is 2.78. The molecule has 1 aromatic carbocycles. The fourth-order valence-corrected chi connectivity index (χ4v) is 3.44. The number of ether oxygens (including phenoxy) is 1. The van der Waals surface area contributed by atoms with E-state index in [0.717, 1.165) is 0 Å². The van der Waals surface area contributed by atoms with Crippen molar-refractivity contribution in [1.29, 1.82) is 0 Å². The monoisotopic (exact) mass is 355 g/mol. The van der Waals surface area contributed by atoms with Gasteiger partial charge in [-0.15, -0.1) is 11.6 Å². The predicted molar refractivity (Wildman–Crippen MR) is 71.0 cm³/mol. The number of methoxy groups -OCH3 is 1. The first-order chi connectivity index (χ1) is 8.38. The second kappa shape index (κ2) is 6.51. The smallest absolute Gasteiger partial charge is 0.325 e. The van der Waals surface area contributed by atoms with Crippen molar-refractivity contribution in [3.63, 3.8) is 0 Å². The number of benzene rings is 1. The zero-order valence-electron chi connectivity index (χ0n) is 9.39. The van der Waals surface area contributed by atoms with Gasteiger partial charge >= 0.3 is 5.97 Å². The van der Waals surface area contributed by atoms with E-state index in [9.17, 15) is 13.2 Å². The van der Waals surface area contributed by atoms with Crippen molar-refractivity contribution in [2.24, 2.45) is 0 Å². The van der Waals surface area contributed by atoms with E-state index in [0.29, 0.717) is 4.47 Å². The lowest BCUT2D eigenvalue weighted by Gasteiger charge is -2.10. The first-order valence-corrected chi connectivity index (χ1v) is 7.56. The van der Waals surface area contributed by atoms with Gasteiger partial charge in [0.05, 0.1) is 12.0 Å². The maximum absolute atomic E-state index is 11.9. The van der Waals surface area contributed by atoms with E-state index in [2.05, 4.69) is 25.4 Å². The summed E-state index contributed by atoms with van der Waals surface area (Å²) in [5, 5.41) is -1.06. The van der Waals surface area contributed by atoms with E-state index in [1.54, 1.807) is 18.2 Å². The second-order valence-electron chi connectivity index (χ2n) is 3.27. The van der Waals surface area contributed by atoms with Crippen LogP contribution in [0.25, 0.3) is 0 Å². The van der Waals surface area contributed by atoms with Gasteiger partial charge < -0.3 is 4.74 Å². The summed E-state index contributed by atoms with van der Waals surface area (Å²) in [6, 6.07) is 6.33. The number of carbonyl (C=O) groups is 1. The topological polar surface area (TPSA) is 72.5 Å². The average molecular weight is 357 g/mol. The molecule has 1 aromatic rings. The Morgan fingerprint density at radius 2 is 2.11 bits per heavy atom. The lowest BCUT2D eigenvalue weighted by atomic mass is 10.4. The van der Waals surface area contributed by atoms with Gasteiger partial charge in [-0.1, -0.05) is 12.1 Å². The molecule has 18 heavy (non-hydrogen) atoms. The Morgan fingerprint density at radius 1 is 1.50 bits per heavy atom. The summed E-state index contributed by atoms with van der Waals surface area (Å²) < 4.78 is 30.9. The van der Waals surface area contributed by atoms with Crippen molar-refractivity contribution in [3.8, 4) is 0 Å². The van der Waals surface area contributed by atoms with Crippen LogP contribution < -0.4 is 4.72 Å². The standard InChI is InChI=1S/C10H11BrClNO4S/c1-17-10(14)8(12)6-13-18(15,16)9-5-3-2-4-7(9)11/h2-5,8,13H,6H2,1H3. The van der Waals surface area contributed by atoms with Crippen LogP contribution in [0.5, 0.6) is 0 Å². The zero-order chi connectivity index (χ0) is 13.8. The number of rotatable bonds is 5. The van der Waals surface area contributed by atoms with Crippen LogP contribution in [-0.2, 0) is 19.6 Å². The molecule has 1 rings (SSSR count). The van der Waals surface area contributed by atoms with E-state index in [4.69, 9.17) is 11.6 Å². The van der Waals surface area contributed by atoms with E-state index in [-0.39, 0.29) is 11.4 Å². The van der Waals surface area contributed by atoms with Gasteiger partial charge in [0, 0.05) is 11.0 Å². The average Bonchev–Trinajstić information content (AvgIpc) is 2.35. The molecule has 0 spiro atoms. The summed E-state index contributed by atoms with van der Waals surface area (Å²) in [5.41, 5.74) is 0. The van der Waals surface area contributed by atoms with E-state index in [1.807, 2.05) is 0 Å². The largest absolute Gasteiger partial charge is 0.468 e. The van der Waals surface area contributed by atoms with Crippen LogP contribution in [0, 0.1) is 0 Å². The molecule has 0 amide bonds. The van der Waals surface area contributed by atoms with Crippen molar-refractivity contribution in [2.75, 3.05) is 13.7 Å². The quantitative estimate of drug-likeness (QED) is 0.641. The van der Waals surface area contributed by atoms with Crippen molar-refractivity contribution >= 4 is 43.5 Å². The third kappa shape index (κ3) is 3.94. The van der Waals surface area contributed by atoms with E-state index in [1.165, 1.54) is 13.2 Å². The number of sulfonamides is 1. The molecule has 100 valence electrons. The summed E-state index contributed by atoms with van der Waals surface area (Å²) in [6.45, 7) is -0.238. The molecule has 1 unspecified atom stereocenters. The number of carbonyl (C=O) groups excluding carboxylic acids is 1. The van der Waals surface area contributed by atoms with Crippen molar-refractivity contribution in [2.45, 2.75) is 10.3 Å². The molecule has 0 fully saturated rings. The molecule has 8 heteroatoms. The maximum atomic E-state index is 11.9. The van der Waals surface area contributed by atoms with Gasteiger partial charge in [0.25, 0.3) is 0 Å². The van der Waals surface area contributed by atoms with Gasteiger partial charge in [0.1, 0.15) is 5.38 Å². The molecule has 1 N–H and O–H groups in total. The molecule has 0 aliphatic rings. The molecule has 0 saturated carbocycles. The Labute approximate surface area is 119 Å². The minimum atomic E-state index is -3.72. The van der Waals surface area contributed by atoms with Crippen molar-refractivity contribution in [3.05, 3.63) is 28.7 Å². The van der Waals surface area contributed by atoms with Crippen LogP contribution in [0.1, 0.15) is 0 Å². The molecular formula is C10H11BrClNO4S. The lowest BCUT2D eigenvalue weighted by Crippen LogP contribution is -2.34. The first kappa shape index (κ1) is 15.4. The van der Waals surface area contributed by atoms with Gasteiger partial charge in [0.2, 0.25) is 10.0 Å². The lowest BCUT2D eigenvalue weighted by molar-refractivity contribution is -0.140. The minimum Gasteiger partial charge on any atom is -0.468 e. The normalized spacial score (nSPS) is 13.1. The Kier molecular flexibility index (Phi) is 5.58. The number of esters is 1. The number of hydrogen-bond acceptors (Lipinski definition) is 4. The molecular weight excluding hydrogens is 346 g/mol. The molecule has 0 heterocycles. The van der Waals surface area contributed by atoms with Gasteiger partial charge in [-0.2, -0.15) is 0 Å². The number of nitrogens with one attached hydrogen (secondary N) is 1. The summed E-state index contributed by atoms with van der Waals surface area (Å²) in [7, 11) is -2.54. The van der Waals surface area contributed by atoms with Crippen LogP contribution in [0.4, 0.5) is 0 Å². The third-order valence-electron chi connectivity index (χ3n) is 2.04. The number of alkyl halides is 1. The predicted octanol–water partition coefficient (Wildman–Crippen LogP) is 1.51. The van der Waals surface area contributed by atoms with Crippen molar-refractivity contribution in [1.82, 2.24) is 4.72 Å². The van der Waals surface area contributed by atoms with E-state index < -0.39 is 21.4 Å². The number of hydrogen-bond donors (Lipinski definition) is 1. The van der Waals surface area contributed by atoms with Crippen LogP contribution >= 0.6 is 27.5 Å².